The number of nitrogens with two attached hydrogens (primary N) is 1. The van der Waals surface area contributed by atoms with Gasteiger partial charge in [-0.15, -0.1) is 0 Å². The zero-order valence-electron chi connectivity index (χ0n) is 12.8. The minimum absolute atomic E-state index is 0.259. The number of nitrogen functional groups attached to an aromatic ring is 1. The van der Waals surface area contributed by atoms with Gasteiger partial charge in [0.15, 0.2) is 5.82 Å². The van der Waals surface area contributed by atoms with Crippen molar-refractivity contribution in [2.45, 2.75) is 26.8 Å². The van der Waals surface area contributed by atoms with Gasteiger partial charge in [0.2, 0.25) is 0 Å². The summed E-state index contributed by atoms with van der Waals surface area (Å²) >= 11 is 0. The first-order valence-electron chi connectivity index (χ1n) is 6.79. The number of aryl methyl sites for hydroxylation is 1. The van der Waals surface area contributed by atoms with E-state index in [0.717, 1.165) is 22.9 Å². The maximum Gasteiger partial charge on any atom is 0.152 e. The van der Waals surface area contributed by atoms with E-state index in [4.69, 9.17) is 5.73 Å². The van der Waals surface area contributed by atoms with E-state index in [1.807, 2.05) is 37.8 Å². The average molecular weight is 273 g/mol. The van der Waals surface area contributed by atoms with Gasteiger partial charge in [0.05, 0.1) is 11.4 Å². The maximum absolute atomic E-state index is 6.11. The van der Waals surface area contributed by atoms with Gasteiger partial charge in [-0.1, -0.05) is 0 Å². The number of rotatable bonds is 4. The number of nitrogens with zero attached hydrogens (tertiary/aromatic N) is 3. The minimum Gasteiger partial charge on any atom is -0.394 e. The predicted octanol–water partition coefficient (Wildman–Crippen LogP) is 3.16. The molecule has 0 amide bonds. The number of hydrogen-bond acceptors (Lipinski definition) is 4. The van der Waals surface area contributed by atoms with E-state index < -0.39 is 0 Å². The van der Waals surface area contributed by atoms with Gasteiger partial charge in [0.1, 0.15) is 0 Å². The van der Waals surface area contributed by atoms with Crippen molar-refractivity contribution in [3.8, 4) is 0 Å². The third-order valence-electron chi connectivity index (χ3n) is 3.27. The molecule has 0 saturated heterocycles. The van der Waals surface area contributed by atoms with Gasteiger partial charge < -0.3 is 16.0 Å². The molecule has 1 heterocycles. The molecule has 108 valence electrons. The molecule has 0 saturated carbocycles. The zero-order chi connectivity index (χ0) is 14.9. The number of aromatic nitrogens is 2. The van der Waals surface area contributed by atoms with Gasteiger partial charge in [-0.05, 0) is 45.0 Å². The Labute approximate surface area is 120 Å². The fourth-order valence-corrected chi connectivity index (χ4v) is 2.04. The molecule has 2 rings (SSSR count). The van der Waals surface area contributed by atoms with Crippen LogP contribution < -0.4 is 16.0 Å². The van der Waals surface area contributed by atoms with Crippen LogP contribution >= 0.6 is 0 Å². The van der Waals surface area contributed by atoms with E-state index >= 15 is 0 Å². The smallest absolute Gasteiger partial charge is 0.152 e. The minimum atomic E-state index is 0.259. The molecule has 0 aliphatic heterocycles. The Bertz CT molecular complexity index is 581. The van der Waals surface area contributed by atoms with Crippen LogP contribution in [0.15, 0.2) is 24.3 Å². The Kier molecular flexibility index (Phi) is 3.88. The van der Waals surface area contributed by atoms with E-state index in [1.54, 1.807) is 0 Å². The molecule has 0 bridgehead atoms. The average Bonchev–Trinajstić information content (AvgIpc) is 2.68. The standard InChI is InChI=1S/C15H23N5/c1-10(2)20-15(14(16)11(3)18-20)17-12-6-8-13(9-7-12)19(4)5/h6-10,17H,16H2,1-5H3. The Morgan fingerprint density at radius 3 is 2.30 bits per heavy atom. The Morgan fingerprint density at radius 1 is 1.20 bits per heavy atom. The van der Waals surface area contributed by atoms with E-state index in [-0.39, 0.29) is 6.04 Å². The van der Waals surface area contributed by atoms with Crippen molar-refractivity contribution in [2.75, 3.05) is 30.0 Å². The molecule has 2 aromatic rings. The highest BCUT2D eigenvalue weighted by Crippen LogP contribution is 2.29. The first-order valence-corrected chi connectivity index (χ1v) is 6.79. The first kappa shape index (κ1) is 14.2. The number of benzene rings is 1. The van der Waals surface area contributed by atoms with Crippen LogP contribution in [0, 0.1) is 6.92 Å². The van der Waals surface area contributed by atoms with Gasteiger partial charge >= 0.3 is 0 Å². The van der Waals surface area contributed by atoms with Gasteiger partial charge in [-0.25, -0.2) is 4.68 Å². The van der Waals surface area contributed by atoms with Gasteiger partial charge in [0, 0.05) is 31.5 Å². The summed E-state index contributed by atoms with van der Waals surface area (Å²) in [6.45, 7) is 6.10. The zero-order valence-corrected chi connectivity index (χ0v) is 12.8. The van der Waals surface area contributed by atoms with Crippen molar-refractivity contribution < 1.29 is 0 Å². The van der Waals surface area contributed by atoms with Crippen LogP contribution in [-0.2, 0) is 0 Å². The highest BCUT2D eigenvalue weighted by molar-refractivity contribution is 5.72. The van der Waals surface area contributed by atoms with Crippen LogP contribution in [0.3, 0.4) is 0 Å². The molecule has 5 nitrogen and oxygen atoms in total. The van der Waals surface area contributed by atoms with E-state index in [9.17, 15) is 0 Å². The fraction of sp³-hybridized carbons (Fsp3) is 0.400. The van der Waals surface area contributed by atoms with E-state index in [0.29, 0.717) is 5.69 Å². The lowest BCUT2D eigenvalue weighted by Gasteiger charge is -2.15. The summed E-state index contributed by atoms with van der Waals surface area (Å²) in [5.74, 6) is 0.857. The molecule has 1 aromatic carbocycles. The maximum atomic E-state index is 6.11. The summed E-state index contributed by atoms with van der Waals surface area (Å²) in [6.07, 6.45) is 0. The molecule has 0 spiro atoms. The summed E-state index contributed by atoms with van der Waals surface area (Å²) in [6, 6.07) is 8.49. The monoisotopic (exact) mass is 273 g/mol. The van der Waals surface area contributed by atoms with Gasteiger partial charge in [-0.2, -0.15) is 5.10 Å². The summed E-state index contributed by atoms with van der Waals surface area (Å²) in [5.41, 5.74) is 9.84. The number of hydrogen-bond donors (Lipinski definition) is 2. The Balaban J connectivity index is 2.30. The molecule has 0 atom stereocenters. The molecular formula is C15H23N5. The number of nitrogens with one attached hydrogen (secondary N) is 1. The second-order valence-corrected chi connectivity index (χ2v) is 5.45. The Hall–Kier alpha value is -2.17. The van der Waals surface area contributed by atoms with Gasteiger partial charge in [-0.3, -0.25) is 0 Å². The molecule has 0 radical (unpaired) electrons. The topological polar surface area (TPSA) is 59.1 Å². The normalized spacial score (nSPS) is 10.9. The molecular weight excluding hydrogens is 250 g/mol. The summed E-state index contributed by atoms with van der Waals surface area (Å²) in [5, 5.41) is 7.84. The van der Waals surface area contributed by atoms with Crippen LogP contribution in [0.25, 0.3) is 0 Å². The van der Waals surface area contributed by atoms with Crippen LogP contribution in [0.5, 0.6) is 0 Å². The molecule has 0 fully saturated rings. The van der Waals surface area contributed by atoms with E-state index in [1.165, 1.54) is 0 Å². The second kappa shape index (κ2) is 5.45. The third kappa shape index (κ3) is 2.71. The van der Waals surface area contributed by atoms with Crippen molar-refractivity contribution in [2.24, 2.45) is 0 Å². The van der Waals surface area contributed by atoms with Crippen molar-refractivity contribution in [3.63, 3.8) is 0 Å². The Morgan fingerprint density at radius 2 is 1.80 bits per heavy atom. The SMILES string of the molecule is Cc1nn(C(C)C)c(Nc2ccc(N(C)C)cc2)c1N. The molecule has 20 heavy (non-hydrogen) atoms. The van der Waals surface area contributed by atoms with Gasteiger partial charge in [0.25, 0.3) is 0 Å². The molecule has 3 N–H and O–H groups in total. The van der Waals surface area contributed by atoms with Crippen molar-refractivity contribution in [3.05, 3.63) is 30.0 Å². The summed E-state index contributed by atoms with van der Waals surface area (Å²) in [4.78, 5) is 2.07. The highest BCUT2D eigenvalue weighted by Gasteiger charge is 2.14. The summed E-state index contributed by atoms with van der Waals surface area (Å²) in [7, 11) is 4.05. The van der Waals surface area contributed by atoms with Crippen LogP contribution in [0.2, 0.25) is 0 Å². The fourth-order valence-electron chi connectivity index (χ4n) is 2.04. The lowest BCUT2D eigenvalue weighted by atomic mass is 10.2. The molecule has 1 aromatic heterocycles. The summed E-state index contributed by atoms with van der Waals surface area (Å²) < 4.78 is 1.92. The first-order chi connectivity index (χ1) is 9.40. The van der Waals surface area contributed by atoms with Crippen LogP contribution in [-0.4, -0.2) is 23.9 Å². The van der Waals surface area contributed by atoms with Crippen LogP contribution in [0.4, 0.5) is 22.9 Å². The predicted molar refractivity (Wildman–Crippen MR) is 85.8 cm³/mol. The second-order valence-electron chi connectivity index (χ2n) is 5.45. The van der Waals surface area contributed by atoms with Crippen molar-refractivity contribution in [1.29, 1.82) is 0 Å². The third-order valence-corrected chi connectivity index (χ3v) is 3.27. The molecule has 0 unspecified atom stereocenters. The van der Waals surface area contributed by atoms with Crippen molar-refractivity contribution in [1.82, 2.24) is 9.78 Å². The molecule has 0 aliphatic rings. The van der Waals surface area contributed by atoms with Crippen LogP contribution in [0.1, 0.15) is 25.6 Å². The largest absolute Gasteiger partial charge is 0.394 e. The highest BCUT2D eigenvalue weighted by atomic mass is 15.4. The van der Waals surface area contributed by atoms with E-state index in [2.05, 4.69) is 41.3 Å². The van der Waals surface area contributed by atoms with Crippen molar-refractivity contribution >= 4 is 22.9 Å². The lowest BCUT2D eigenvalue weighted by molar-refractivity contribution is 0.536. The quantitative estimate of drug-likeness (QED) is 0.898. The lowest BCUT2D eigenvalue weighted by Crippen LogP contribution is -2.09. The molecule has 0 aliphatic carbocycles. The molecule has 5 heteroatoms. The number of anilines is 4.